The van der Waals surface area contributed by atoms with E-state index in [1.807, 2.05) is 18.2 Å². The minimum atomic E-state index is -0.505. The van der Waals surface area contributed by atoms with Crippen LogP contribution in [0, 0.1) is 0 Å². The molecule has 24 heavy (non-hydrogen) atoms. The van der Waals surface area contributed by atoms with Crippen LogP contribution in [-0.4, -0.2) is 28.0 Å². The molecule has 0 spiro atoms. The van der Waals surface area contributed by atoms with Crippen LogP contribution in [-0.2, 0) is 4.79 Å². The van der Waals surface area contributed by atoms with E-state index in [0.717, 1.165) is 5.52 Å². The maximum atomic E-state index is 12.7. The number of hydrogen-bond acceptors (Lipinski definition) is 3. The normalized spacial score (nSPS) is 16.5. The number of nitrogens with one attached hydrogen (secondary N) is 2. The summed E-state index contributed by atoms with van der Waals surface area (Å²) in [6.07, 6.45) is 3.41. The van der Waals surface area contributed by atoms with Gasteiger partial charge < -0.3 is 10.6 Å². The van der Waals surface area contributed by atoms with Gasteiger partial charge in [0.1, 0.15) is 0 Å². The molecule has 0 radical (unpaired) electrons. The fraction of sp³-hybridized carbons (Fsp3) is 0.118. The van der Waals surface area contributed by atoms with Gasteiger partial charge in [-0.25, -0.2) is 4.52 Å². The molecule has 0 fully saturated rings. The van der Waals surface area contributed by atoms with Crippen molar-refractivity contribution in [2.45, 2.75) is 5.92 Å². The number of carbonyl (C=O) groups is 2. The van der Waals surface area contributed by atoms with E-state index in [2.05, 4.69) is 15.7 Å². The summed E-state index contributed by atoms with van der Waals surface area (Å²) in [5, 5.41) is 10.3. The van der Waals surface area contributed by atoms with E-state index in [9.17, 15) is 9.59 Å². The van der Waals surface area contributed by atoms with Crippen LogP contribution >= 0.6 is 11.6 Å². The van der Waals surface area contributed by atoms with Crippen molar-refractivity contribution in [2.24, 2.45) is 0 Å². The zero-order chi connectivity index (χ0) is 16.7. The number of carbonyl (C=O) groups excluding carboxylic acids is 2. The van der Waals surface area contributed by atoms with Crippen molar-refractivity contribution in [3.63, 3.8) is 0 Å². The van der Waals surface area contributed by atoms with Gasteiger partial charge in [-0.15, -0.1) is 0 Å². The maximum Gasteiger partial charge on any atom is 0.251 e. The zero-order valence-electron chi connectivity index (χ0n) is 12.5. The minimum Gasteiger partial charge on any atom is -0.351 e. The van der Waals surface area contributed by atoms with Gasteiger partial charge in [0.2, 0.25) is 5.91 Å². The van der Waals surface area contributed by atoms with Crippen molar-refractivity contribution in [3.05, 3.63) is 64.9 Å². The first-order chi connectivity index (χ1) is 11.6. The third kappa shape index (κ3) is 2.41. The molecule has 1 aliphatic heterocycles. The van der Waals surface area contributed by atoms with Crippen LogP contribution in [0.2, 0.25) is 5.02 Å². The monoisotopic (exact) mass is 340 g/mol. The van der Waals surface area contributed by atoms with Crippen molar-refractivity contribution >= 4 is 34.6 Å². The van der Waals surface area contributed by atoms with Crippen molar-refractivity contribution in [3.8, 4) is 0 Å². The van der Waals surface area contributed by atoms with Crippen molar-refractivity contribution in [1.29, 1.82) is 0 Å². The highest BCUT2D eigenvalue weighted by atomic mass is 35.5. The molecule has 6 nitrogen and oxygen atoms in total. The van der Waals surface area contributed by atoms with Gasteiger partial charge in [-0.1, -0.05) is 17.7 Å². The first-order valence-corrected chi connectivity index (χ1v) is 7.82. The second-order valence-electron chi connectivity index (χ2n) is 5.57. The second-order valence-corrected chi connectivity index (χ2v) is 6.01. The number of benzene rings is 1. The molecule has 4 rings (SSSR count). The molecule has 2 N–H and O–H groups in total. The number of halogens is 1. The molecular formula is C17H13ClN4O2. The molecule has 3 aromatic rings. The highest BCUT2D eigenvalue weighted by Crippen LogP contribution is 2.28. The number of nitrogens with zero attached hydrogens (tertiary/aromatic N) is 2. The summed E-state index contributed by atoms with van der Waals surface area (Å²) in [6, 6.07) is 10.6. The molecule has 0 aliphatic carbocycles. The molecule has 0 saturated heterocycles. The standard InChI is InChI=1S/C17H13ClN4O2/c18-10-4-5-11-12(7-10)13(8-19-16(11)23)17(24)21-14-9-20-22-6-2-1-3-15(14)22/h1-7,9,13H,8H2,(H,19,23)(H,21,24). The van der Waals surface area contributed by atoms with E-state index in [0.29, 0.717) is 21.8 Å². The zero-order valence-corrected chi connectivity index (χ0v) is 13.2. The lowest BCUT2D eigenvalue weighted by Crippen LogP contribution is -2.40. The molecule has 2 amide bonds. The topological polar surface area (TPSA) is 75.5 Å². The van der Waals surface area contributed by atoms with Crippen LogP contribution < -0.4 is 10.6 Å². The molecule has 7 heteroatoms. The summed E-state index contributed by atoms with van der Waals surface area (Å²) in [5.41, 5.74) is 2.55. The number of anilines is 1. The van der Waals surface area contributed by atoms with E-state index in [4.69, 9.17) is 11.6 Å². The Morgan fingerprint density at radius 1 is 1.33 bits per heavy atom. The molecule has 120 valence electrons. The lowest BCUT2D eigenvalue weighted by Gasteiger charge is -2.25. The minimum absolute atomic E-state index is 0.193. The Bertz CT molecular complexity index is 966. The first kappa shape index (κ1) is 14.7. The number of fused-ring (bicyclic) bond motifs is 2. The quantitative estimate of drug-likeness (QED) is 0.752. The average molecular weight is 341 g/mol. The lowest BCUT2D eigenvalue weighted by atomic mass is 9.89. The molecule has 1 unspecified atom stereocenters. The lowest BCUT2D eigenvalue weighted by molar-refractivity contribution is -0.117. The molecule has 0 bridgehead atoms. The van der Waals surface area contributed by atoms with Gasteiger partial charge in [0, 0.05) is 23.3 Å². The fourth-order valence-corrected chi connectivity index (χ4v) is 3.09. The molecule has 2 aromatic heterocycles. The van der Waals surface area contributed by atoms with E-state index in [1.165, 1.54) is 0 Å². The first-order valence-electron chi connectivity index (χ1n) is 7.44. The number of amides is 2. The highest BCUT2D eigenvalue weighted by Gasteiger charge is 2.31. The molecular weight excluding hydrogens is 328 g/mol. The van der Waals surface area contributed by atoms with E-state index < -0.39 is 5.92 Å². The Hall–Kier alpha value is -2.86. The van der Waals surface area contributed by atoms with Gasteiger partial charge in [0.15, 0.2) is 0 Å². The van der Waals surface area contributed by atoms with E-state index in [-0.39, 0.29) is 18.4 Å². The molecule has 1 aromatic carbocycles. The third-order valence-electron chi connectivity index (χ3n) is 4.10. The predicted molar refractivity (Wildman–Crippen MR) is 90.3 cm³/mol. The highest BCUT2D eigenvalue weighted by molar-refractivity contribution is 6.30. The Balaban J connectivity index is 1.67. The van der Waals surface area contributed by atoms with Gasteiger partial charge in [0.05, 0.1) is 23.3 Å². The smallest absolute Gasteiger partial charge is 0.251 e. The van der Waals surface area contributed by atoms with E-state index in [1.54, 1.807) is 35.1 Å². The van der Waals surface area contributed by atoms with Crippen molar-refractivity contribution in [2.75, 3.05) is 11.9 Å². The van der Waals surface area contributed by atoms with Crippen LogP contribution in [0.3, 0.4) is 0 Å². The predicted octanol–water partition coefficient (Wildman–Crippen LogP) is 2.45. The van der Waals surface area contributed by atoms with Crippen LogP contribution in [0.15, 0.2) is 48.8 Å². The summed E-state index contributed by atoms with van der Waals surface area (Å²) < 4.78 is 1.68. The van der Waals surface area contributed by atoms with Gasteiger partial charge in [-0.3, -0.25) is 9.59 Å². The molecule has 1 aliphatic rings. The van der Waals surface area contributed by atoms with E-state index >= 15 is 0 Å². The number of hydrogen-bond donors (Lipinski definition) is 2. The van der Waals surface area contributed by atoms with Crippen LogP contribution in [0.5, 0.6) is 0 Å². The number of rotatable bonds is 2. The Morgan fingerprint density at radius 3 is 3.08 bits per heavy atom. The average Bonchev–Trinajstić information content (AvgIpc) is 2.98. The molecule has 1 atom stereocenters. The molecule has 3 heterocycles. The summed E-state index contributed by atoms with van der Waals surface area (Å²) in [4.78, 5) is 24.7. The fourth-order valence-electron chi connectivity index (χ4n) is 2.91. The summed E-state index contributed by atoms with van der Waals surface area (Å²) >= 11 is 6.04. The third-order valence-corrected chi connectivity index (χ3v) is 4.34. The van der Waals surface area contributed by atoms with Crippen LogP contribution in [0.4, 0.5) is 5.69 Å². The van der Waals surface area contributed by atoms with Crippen LogP contribution in [0.1, 0.15) is 21.8 Å². The Morgan fingerprint density at radius 2 is 2.21 bits per heavy atom. The largest absolute Gasteiger partial charge is 0.351 e. The maximum absolute atomic E-state index is 12.7. The van der Waals surface area contributed by atoms with Crippen molar-refractivity contribution < 1.29 is 9.59 Å². The number of aromatic nitrogens is 2. The van der Waals surface area contributed by atoms with Gasteiger partial charge in [-0.05, 0) is 35.9 Å². The summed E-state index contributed by atoms with van der Waals surface area (Å²) in [7, 11) is 0. The summed E-state index contributed by atoms with van der Waals surface area (Å²) in [6.45, 7) is 0.233. The second kappa shape index (κ2) is 5.65. The van der Waals surface area contributed by atoms with Crippen molar-refractivity contribution in [1.82, 2.24) is 14.9 Å². The van der Waals surface area contributed by atoms with Gasteiger partial charge in [0.25, 0.3) is 5.91 Å². The SMILES string of the molecule is O=C1NCC(C(=O)Nc2cnn3ccccc23)c2cc(Cl)ccc21. The Labute approximate surface area is 142 Å². The Kier molecular flexibility index (Phi) is 3.46. The van der Waals surface area contributed by atoms with Gasteiger partial charge in [-0.2, -0.15) is 5.10 Å². The molecule has 0 saturated carbocycles. The van der Waals surface area contributed by atoms with Crippen LogP contribution in [0.25, 0.3) is 5.52 Å². The summed E-state index contributed by atoms with van der Waals surface area (Å²) in [5.74, 6) is -0.908. The number of pyridine rings is 1. The van der Waals surface area contributed by atoms with Gasteiger partial charge >= 0.3 is 0 Å².